The molecule has 3 nitrogen and oxygen atoms in total. The van der Waals surface area contributed by atoms with Gasteiger partial charge in [-0.3, -0.25) is 0 Å². The second-order valence-electron chi connectivity index (χ2n) is 5.06. The van der Waals surface area contributed by atoms with E-state index in [0.717, 1.165) is 19.4 Å². The molecular formula is C11H22N2O. The van der Waals surface area contributed by atoms with Crippen LogP contribution in [0.4, 0.5) is 0 Å². The van der Waals surface area contributed by atoms with Crippen LogP contribution in [-0.2, 0) is 0 Å². The summed E-state index contributed by atoms with van der Waals surface area (Å²) in [7, 11) is 0. The van der Waals surface area contributed by atoms with Gasteiger partial charge in [0.15, 0.2) is 0 Å². The Balaban J connectivity index is 1.72. The molecule has 2 aliphatic rings. The lowest BCUT2D eigenvalue weighted by Gasteiger charge is -2.45. The summed E-state index contributed by atoms with van der Waals surface area (Å²) in [4.78, 5) is 2.53. The highest BCUT2D eigenvalue weighted by Crippen LogP contribution is 2.43. The second-order valence-corrected chi connectivity index (χ2v) is 5.06. The van der Waals surface area contributed by atoms with Crippen molar-refractivity contribution in [2.45, 2.75) is 38.2 Å². The van der Waals surface area contributed by atoms with Crippen molar-refractivity contribution >= 4 is 0 Å². The zero-order valence-corrected chi connectivity index (χ0v) is 8.91. The van der Waals surface area contributed by atoms with E-state index in [0.29, 0.717) is 0 Å². The third-order valence-corrected chi connectivity index (χ3v) is 3.93. The van der Waals surface area contributed by atoms with Crippen LogP contribution in [0.5, 0.6) is 0 Å². The van der Waals surface area contributed by atoms with E-state index >= 15 is 0 Å². The molecule has 3 N–H and O–H groups in total. The van der Waals surface area contributed by atoms with Gasteiger partial charge in [-0.05, 0) is 63.7 Å². The van der Waals surface area contributed by atoms with Crippen molar-refractivity contribution in [1.82, 2.24) is 4.90 Å². The van der Waals surface area contributed by atoms with Crippen LogP contribution in [0, 0.1) is 5.41 Å². The van der Waals surface area contributed by atoms with E-state index in [9.17, 15) is 5.11 Å². The molecule has 0 atom stereocenters. The molecule has 0 amide bonds. The minimum Gasteiger partial charge on any atom is -0.393 e. The van der Waals surface area contributed by atoms with E-state index in [-0.39, 0.29) is 11.5 Å². The number of hydrogen-bond donors (Lipinski definition) is 2. The van der Waals surface area contributed by atoms with Gasteiger partial charge >= 0.3 is 0 Å². The van der Waals surface area contributed by atoms with Crippen molar-refractivity contribution in [3.63, 3.8) is 0 Å². The monoisotopic (exact) mass is 198 g/mol. The smallest absolute Gasteiger partial charge is 0.0551 e. The quantitative estimate of drug-likeness (QED) is 0.694. The molecule has 0 aromatic rings. The second kappa shape index (κ2) is 4.17. The van der Waals surface area contributed by atoms with Crippen LogP contribution in [0.25, 0.3) is 0 Å². The molecule has 0 bridgehead atoms. The SMILES string of the molecule is NCC1(CCN2CCCC2)CC(O)C1. The van der Waals surface area contributed by atoms with Gasteiger partial charge in [-0.2, -0.15) is 0 Å². The van der Waals surface area contributed by atoms with Crippen LogP contribution in [0.15, 0.2) is 0 Å². The first-order valence-electron chi connectivity index (χ1n) is 5.85. The molecule has 0 unspecified atom stereocenters. The number of nitrogens with zero attached hydrogens (tertiary/aromatic N) is 1. The van der Waals surface area contributed by atoms with Crippen molar-refractivity contribution in [2.24, 2.45) is 11.1 Å². The lowest BCUT2D eigenvalue weighted by molar-refractivity contribution is -0.0352. The van der Waals surface area contributed by atoms with Gasteiger partial charge in [0.2, 0.25) is 0 Å². The Kier molecular flexibility index (Phi) is 3.10. The Morgan fingerprint density at radius 2 is 1.93 bits per heavy atom. The Hall–Kier alpha value is -0.120. The van der Waals surface area contributed by atoms with Gasteiger partial charge in [0.05, 0.1) is 6.10 Å². The normalized spacial score (nSPS) is 38.6. The highest BCUT2D eigenvalue weighted by molar-refractivity contribution is 4.95. The van der Waals surface area contributed by atoms with E-state index in [1.165, 1.54) is 38.9 Å². The lowest BCUT2D eigenvalue weighted by Crippen LogP contribution is -2.47. The first-order valence-corrected chi connectivity index (χ1v) is 5.85. The molecule has 0 aromatic heterocycles. The maximum Gasteiger partial charge on any atom is 0.0551 e. The van der Waals surface area contributed by atoms with Crippen LogP contribution in [0.3, 0.4) is 0 Å². The molecule has 1 saturated carbocycles. The number of nitrogens with two attached hydrogens (primary N) is 1. The van der Waals surface area contributed by atoms with Crippen LogP contribution in [0.1, 0.15) is 32.1 Å². The summed E-state index contributed by atoms with van der Waals surface area (Å²) < 4.78 is 0. The minimum atomic E-state index is -0.0721. The summed E-state index contributed by atoms with van der Waals surface area (Å²) in [6.07, 6.45) is 5.68. The fourth-order valence-corrected chi connectivity index (χ4v) is 2.81. The summed E-state index contributed by atoms with van der Waals surface area (Å²) in [5, 5.41) is 9.34. The van der Waals surface area contributed by atoms with Gasteiger partial charge < -0.3 is 15.7 Å². The maximum absolute atomic E-state index is 9.34. The molecule has 2 rings (SSSR count). The molecule has 1 heterocycles. The van der Waals surface area contributed by atoms with Gasteiger partial charge in [-0.25, -0.2) is 0 Å². The highest BCUT2D eigenvalue weighted by atomic mass is 16.3. The fourth-order valence-electron chi connectivity index (χ4n) is 2.81. The lowest BCUT2D eigenvalue weighted by atomic mass is 9.65. The molecule has 1 aliphatic carbocycles. The van der Waals surface area contributed by atoms with Gasteiger partial charge in [0, 0.05) is 0 Å². The van der Waals surface area contributed by atoms with E-state index in [1.54, 1.807) is 0 Å². The van der Waals surface area contributed by atoms with Gasteiger partial charge in [-0.1, -0.05) is 0 Å². The minimum absolute atomic E-state index is 0.0721. The molecule has 0 radical (unpaired) electrons. The summed E-state index contributed by atoms with van der Waals surface area (Å²) in [5.41, 5.74) is 6.07. The molecule has 2 fully saturated rings. The molecule has 14 heavy (non-hydrogen) atoms. The average molecular weight is 198 g/mol. The number of rotatable bonds is 4. The van der Waals surface area contributed by atoms with Crippen molar-refractivity contribution in [2.75, 3.05) is 26.2 Å². The summed E-state index contributed by atoms with van der Waals surface area (Å²) in [5.74, 6) is 0. The van der Waals surface area contributed by atoms with Crippen LogP contribution >= 0.6 is 0 Å². The van der Waals surface area contributed by atoms with E-state index < -0.39 is 0 Å². The van der Waals surface area contributed by atoms with Crippen molar-refractivity contribution in [3.8, 4) is 0 Å². The van der Waals surface area contributed by atoms with E-state index in [1.807, 2.05) is 0 Å². The zero-order chi connectivity index (χ0) is 10.0. The Morgan fingerprint density at radius 3 is 2.43 bits per heavy atom. The highest BCUT2D eigenvalue weighted by Gasteiger charge is 2.42. The third kappa shape index (κ3) is 2.10. The number of likely N-dealkylation sites (tertiary alicyclic amines) is 1. The van der Waals surface area contributed by atoms with Gasteiger partial charge in [0.25, 0.3) is 0 Å². The van der Waals surface area contributed by atoms with Gasteiger partial charge in [-0.15, -0.1) is 0 Å². The molecule has 1 saturated heterocycles. The molecule has 82 valence electrons. The average Bonchev–Trinajstić information content (AvgIpc) is 2.63. The molecule has 0 spiro atoms. The first-order chi connectivity index (χ1) is 6.74. The molecular weight excluding hydrogens is 176 g/mol. The number of aliphatic hydroxyl groups is 1. The van der Waals surface area contributed by atoms with Gasteiger partial charge in [0.1, 0.15) is 0 Å². The van der Waals surface area contributed by atoms with Crippen molar-refractivity contribution < 1.29 is 5.11 Å². The topological polar surface area (TPSA) is 49.5 Å². The fraction of sp³-hybridized carbons (Fsp3) is 1.00. The predicted molar refractivity (Wildman–Crippen MR) is 57.0 cm³/mol. The molecule has 3 heteroatoms. The van der Waals surface area contributed by atoms with Crippen LogP contribution < -0.4 is 5.73 Å². The Morgan fingerprint density at radius 1 is 1.29 bits per heavy atom. The van der Waals surface area contributed by atoms with Crippen molar-refractivity contribution in [3.05, 3.63) is 0 Å². The predicted octanol–water partition coefficient (Wildman–Crippen LogP) is 0.572. The standard InChI is InChI=1S/C11H22N2O/c12-9-11(7-10(14)8-11)3-6-13-4-1-2-5-13/h10,14H,1-9,12H2. The first kappa shape index (κ1) is 10.4. The number of hydrogen-bond acceptors (Lipinski definition) is 3. The summed E-state index contributed by atoms with van der Waals surface area (Å²) >= 11 is 0. The third-order valence-electron chi connectivity index (χ3n) is 3.93. The summed E-state index contributed by atoms with van der Waals surface area (Å²) in [6, 6.07) is 0. The Bertz CT molecular complexity index is 184. The maximum atomic E-state index is 9.34. The molecule has 1 aliphatic heterocycles. The Labute approximate surface area is 86.3 Å². The van der Waals surface area contributed by atoms with E-state index in [2.05, 4.69) is 4.90 Å². The summed E-state index contributed by atoms with van der Waals surface area (Å²) in [6.45, 7) is 4.47. The molecule has 0 aromatic carbocycles. The van der Waals surface area contributed by atoms with E-state index in [4.69, 9.17) is 5.73 Å². The van der Waals surface area contributed by atoms with Crippen LogP contribution in [0.2, 0.25) is 0 Å². The largest absolute Gasteiger partial charge is 0.393 e. The number of aliphatic hydroxyl groups excluding tert-OH is 1. The van der Waals surface area contributed by atoms with Crippen LogP contribution in [-0.4, -0.2) is 42.3 Å². The van der Waals surface area contributed by atoms with Crippen molar-refractivity contribution in [1.29, 1.82) is 0 Å². The zero-order valence-electron chi connectivity index (χ0n) is 8.91.